The van der Waals surface area contributed by atoms with E-state index in [4.69, 9.17) is 28.3 Å². The second kappa shape index (κ2) is 8.13. The smallest absolute Gasteiger partial charge is 0.241 e. The number of nitrogens with one attached hydrogen (secondary N) is 2. The first-order valence-electron chi connectivity index (χ1n) is 7.35. The second-order valence-electron chi connectivity index (χ2n) is 5.57. The van der Waals surface area contributed by atoms with Crippen LogP contribution in [0.2, 0.25) is 10.0 Å². The number of halogens is 2. The molecule has 1 fully saturated rings. The molecule has 1 aromatic carbocycles. The van der Waals surface area contributed by atoms with Gasteiger partial charge in [0.15, 0.2) is 0 Å². The van der Waals surface area contributed by atoms with E-state index < -0.39 is 0 Å². The maximum Gasteiger partial charge on any atom is 0.241 e. The maximum absolute atomic E-state index is 12.7. The third-order valence-corrected chi connectivity index (χ3v) is 4.51. The third kappa shape index (κ3) is 4.33. The molecule has 0 aromatic heterocycles. The van der Waals surface area contributed by atoms with Crippen molar-refractivity contribution in [1.29, 1.82) is 0 Å². The minimum absolute atomic E-state index is 0.0250. The molecular weight excluding hydrogens is 325 g/mol. The Morgan fingerprint density at radius 3 is 2.77 bits per heavy atom. The SMILES string of the molecule is CC1CNNC1C(=O)N(CCCO)Cc1ccc(Cl)c(Cl)c1. The van der Waals surface area contributed by atoms with Crippen LogP contribution in [-0.4, -0.2) is 41.7 Å². The zero-order valence-corrected chi connectivity index (χ0v) is 14.0. The van der Waals surface area contributed by atoms with Crippen molar-refractivity contribution in [2.24, 2.45) is 5.92 Å². The van der Waals surface area contributed by atoms with Gasteiger partial charge >= 0.3 is 0 Å². The maximum atomic E-state index is 12.7. The molecule has 0 radical (unpaired) electrons. The molecule has 0 saturated carbocycles. The van der Waals surface area contributed by atoms with Gasteiger partial charge in [-0.2, -0.15) is 0 Å². The molecule has 1 saturated heterocycles. The zero-order chi connectivity index (χ0) is 16.1. The minimum Gasteiger partial charge on any atom is -0.396 e. The molecule has 0 bridgehead atoms. The normalized spacial score (nSPS) is 21.1. The lowest BCUT2D eigenvalue weighted by Gasteiger charge is -2.27. The quantitative estimate of drug-likeness (QED) is 0.735. The van der Waals surface area contributed by atoms with Gasteiger partial charge in [-0.3, -0.25) is 10.2 Å². The summed E-state index contributed by atoms with van der Waals surface area (Å²) in [7, 11) is 0. The molecule has 22 heavy (non-hydrogen) atoms. The van der Waals surface area contributed by atoms with Crippen LogP contribution in [0.15, 0.2) is 18.2 Å². The first kappa shape index (κ1) is 17.5. The Kier molecular flexibility index (Phi) is 6.47. The van der Waals surface area contributed by atoms with Crippen LogP contribution < -0.4 is 10.9 Å². The monoisotopic (exact) mass is 345 g/mol. The van der Waals surface area contributed by atoms with Gasteiger partial charge in [0.1, 0.15) is 6.04 Å². The average Bonchev–Trinajstić information content (AvgIpc) is 2.92. The Bertz CT molecular complexity index is 528. The molecule has 2 atom stereocenters. The van der Waals surface area contributed by atoms with Gasteiger partial charge < -0.3 is 10.0 Å². The standard InChI is InChI=1S/C15H21Cl2N3O2/c1-10-8-18-19-14(10)15(22)20(5-2-6-21)9-11-3-4-12(16)13(17)7-11/h3-4,7,10,14,18-19,21H,2,5-6,8-9H2,1H3. The Balaban J connectivity index is 2.10. The molecule has 2 unspecified atom stereocenters. The molecule has 3 N–H and O–H groups in total. The summed E-state index contributed by atoms with van der Waals surface area (Å²) in [5.41, 5.74) is 6.94. The second-order valence-corrected chi connectivity index (χ2v) is 6.38. The molecule has 7 heteroatoms. The van der Waals surface area contributed by atoms with E-state index in [2.05, 4.69) is 10.9 Å². The number of amides is 1. The van der Waals surface area contributed by atoms with Crippen LogP contribution >= 0.6 is 23.2 Å². The fourth-order valence-corrected chi connectivity index (χ4v) is 2.80. The van der Waals surface area contributed by atoms with Gasteiger partial charge in [-0.15, -0.1) is 0 Å². The van der Waals surface area contributed by atoms with Gasteiger partial charge in [0.2, 0.25) is 5.91 Å². The Morgan fingerprint density at radius 2 is 2.18 bits per heavy atom. The van der Waals surface area contributed by atoms with Crippen molar-refractivity contribution in [2.45, 2.75) is 25.9 Å². The van der Waals surface area contributed by atoms with Gasteiger partial charge in [0, 0.05) is 26.2 Å². The molecule has 1 aliphatic heterocycles. The van der Waals surface area contributed by atoms with Gasteiger partial charge in [-0.25, -0.2) is 5.43 Å². The highest BCUT2D eigenvalue weighted by Crippen LogP contribution is 2.23. The lowest BCUT2D eigenvalue weighted by atomic mass is 10.0. The van der Waals surface area contributed by atoms with E-state index in [1.807, 2.05) is 13.0 Å². The van der Waals surface area contributed by atoms with Gasteiger partial charge in [0.25, 0.3) is 0 Å². The number of hydrogen-bond donors (Lipinski definition) is 3. The molecule has 1 aromatic rings. The average molecular weight is 346 g/mol. The van der Waals surface area contributed by atoms with Crippen molar-refractivity contribution < 1.29 is 9.90 Å². The number of aliphatic hydroxyl groups excluding tert-OH is 1. The largest absolute Gasteiger partial charge is 0.396 e. The van der Waals surface area contributed by atoms with Crippen molar-refractivity contribution in [2.75, 3.05) is 19.7 Å². The summed E-state index contributed by atoms with van der Waals surface area (Å²) in [6, 6.07) is 5.11. The van der Waals surface area contributed by atoms with Crippen molar-refractivity contribution in [3.05, 3.63) is 33.8 Å². The van der Waals surface area contributed by atoms with Crippen LogP contribution in [0.4, 0.5) is 0 Å². The summed E-state index contributed by atoms with van der Waals surface area (Å²) in [4.78, 5) is 14.4. The Hall–Kier alpha value is -0.850. The number of carbonyl (C=O) groups is 1. The predicted molar refractivity (Wildman–Crippen MR) is 87.7 cm³/mol. The van der Waals surface area contributed by atoms with E-state index in [-0.39, 0.29) is 24.5 Å². The lowest BCUT2D eigenvalue weighted by molar-refractivity contribution is -0.134. The molecule has 0 spiro atoms. The van der Waals surface area contributed by atoms with Crippen molar-refractivity contribution in [3.8, 4) is 0 Å². The van der Waals surface area contributed by atoms with Crippen LogP contribution in [-0.2, 0) is 11.3 Å². The molecular formula is C15H21Cl2N3O2. The van der Waals surface area contributed by atoms with Gasteiger partial charge in [0.05, 0.1) is 10.0 Å². The molecule has 1 heterocycles. The van der Waals surface area contributed by atoms with Crippen LogP contribution in [0.1, 0.15) is 18.9 Å². The summed E-state index contributed by atoms with van der Waals surface area (Å²) < 4.78 is 0. The molecule has 0 aliphatic carbocycles. The topological polar surface area (TPSA) is 64.6 Å². The highest BCUT2D eigenvalue weighted by Gasteiger charge is 2.32. The molecule has 1 aliphatic rings. The van der Waals surface area contributed by atoms with E-state index in [0.717, 1.165) is 12.1 Å². The minimum atomic E-state index is -0.249. The van der Waals surface area contributed by atoms with E-state index in [1.54, 1.807) is 17.0 Å². The third-order valence-electron chi connectivity index (χ3n) is 3.77. The Labute approximate surface area is 140 Å². The first-order valence-corrected chi connectivity index (χ1v) is 8.10. The molecule has 122 valence electrons. The summed E-state index contributed by atoms with van der Waals surface area (Å²) in [6.45, 7) is 3.79. The summed E-state index contributed by atoms with van der Waals surface area (Å²) in [5.74, 6) is 0.245. The van der Waals surface area contributed by atoms with Crippen molar-refractivity contribution >= 4 is 29.1 Å². The summed E-state index contributed by atoms with van der Waals surface area (Å²) in [5, 5.41) is 10.0. The number of rotatable bonds is 6. The van der Waals surface area contributed by atoms with Gasteiger partial charge in [-0.1, -0.05) is 36.2 Å². The number of benzene rings is 1. The highest BCUT2D eigenvalue weighted by atomic mass is 35.5. The lowest BCUT2D eigenvalue weighted by Crippen LogP contribution is -2.47. The predicted octanol–water partition coefficient (Wildman–Crippen LogP) is 1.82. The van der Waals surface area contributed by atoms with Gasteiger partial charge in [-0.05, 0) is 30.0 Å². The van der Waals surface area contributed by atoms with Crippen LogP contribution in [0, 0.1) is 5.92 Å². The van der Waals surface area contributed by atoms with E-state index in [9.17, 15) is 4.79 Å². The van der Waals surface area contributed by atoms with E-state index in [1.165, 1.54) is 0 Å². The van der Waals surface area contributed by atoms with Crippen LogP contribution in [0.3, 0.4) is 0 Å². The van der Waals surface area contributed by atoms with Crippen molar-refractivity contribution in [3.63, 3.8) is 0 Å². The van der Waals surface area contributed by atoms with Crippen LogP contribution in [0.5, 0.6) is 0 Å². The fourth-order valence-electron chi connectivity index (χ4n) is 2.48. The highest BCUT2D eigenvalue weighted by molar-refractivity contribution is 6.42. The summed E-state index contributed by atoms with van der Waals surface area (Å²) in [6.07, 6.45) is 0.543. The molecule has 1 amide bonds. The Morgan fingerprint density at radius 1 is 1.41 bits per heavy atom. The number of hydrogen-bond acceptors (Lipinski definition) is 4. The number of hydrazine groups is 1. The number of nitrogens with zero attached hydrogens (tertiary/aromatic N) is 1. The number of aliphatic hydroxyl groups is 1. The summed E-state index contributed by atoms with van der Waals surface area (Å²) >= 11 is 12.0. The van der Waals surface area contributed by atoms with E-state index in [0.29, 0.717) is 29.6 Å². The molecule has 5 nitrogen and oxygen atoms in total. The van der Waals surface area contributed by atoms with E-state index >= 15 is 0 Å². The molecule has 2 rings (SSSR count). The van der Waals surface area contributed by atoms with Crippen molar-refractivity contribution in [1.82, 2.24) is 15.8 Å². The zero-order valence-electron chi connectivity index (χ0n) is 12.5. The fraction of sp³-hybridized carbons (Fsp3) is 0.533. The first-order chi connectivity index (χ1) is 10.5. The number of carbonyl (C=O) groups excluding carboxylic acids is 1. The van der Waals surface area contributed by atoms with Crippen LogP contribution in [0.25, 0.3) is 0 Å².